The van der Waals surface area contributed by atoms with E-state index >= 15 is 0 Å². The maximum absolute atomic E-state index is 5.27. The van der Waals surface area contributed by atoms with Crippen LogP contribution in [0.4, 0.5) is 5.82 Å². The van der Waals surface area contributed by atoms with Gasteiger partial charge in [0.15, 0.2) is 5.82 Å². The van der Waals surface area contributed by atoms with Crippen LogP contribution in [0, 0.1) is 6.92 Å². The molecule has 0 fully saturated rings. The zero-order valence-electron chi connectivity index (χ0n) is 14.7. The fourth-order valence-corrected chi connectivity index (χ4v) is 2.91. The predicted molar refractivity (Wildman–Crippen MR) is 102 cm³/mol. The van der Waals surface area contributed by atoms with Crippen LogP contribution in [0.25, 0.3) is 16.9 Å². The van der Waals surface area contributed by atoms with Crippen LogP contribution in [-0.4, -0.2) is 26.6 Å². The molecule has 6 heteroatoms. The molecule has 0 aliphatic carbocycles. The smallest absolute Gasteiger partial charge is 0.157 e. The van der Waals surface area contributed by atoms with Crippen LogP contribution >= 0.6 is 0 Å². The summed E-state index contributed by atoms with van der Waals surface area (Å²) in [5.74, 6) is 3.11. The number of rotatable bonds is 5. The van der Waals surface area contributed by atoms with Crippen molar-refractivity contribution in [1.29, 1.82) is 0 Å². The number of aryl methyl sites for hydroxylation is 1. The van der Waals surface area contributed by atoms with Crippen LogP contribution in [0.1, 0.15) is 11.4 Å². The first kappa shape index (κ1) is 16.1. The first-order chi connectivity index (χ1) is 12.7. The highest BCUT2D eigenvalue weighted by molar-refractivity contribution is 5.79. The van der Waals surface area contributed by atoms with Gasteiger partial charge in [-0.05, 0) is 24.6 Å². The summed E-state index contributed by atoms with van der Waals surface area (Å²) < 4.78 is 7.26. The van der Waals surface area contributed by atoms with Gasteiger partial charge in [0.05, 0.1) is 30.5 Å². The second kappa shape index (κ2) is 6.84. The van der Waals surface area contributed by atoms with E-state index in [1.807, 2.05) is 47.9 Å². The summed E-state index contributed by atoms with van der Waals surface area (Å²) in [6.45, 7) is 2.66. The van der Waals surface area contributed by atoms with Gasteiger partial charge in [-0.3, -0.25) is 4.57 Å². The first-order valence-electron chi connectivity index (χ1n) is 8.38. The number of nitrogens with one attached hydrogen (secondary N) is 1. The fraction of sp³-hybridized carbons (Fsp3) is 0.150. The SMILES string of the molecule is COc1ccc2c(c1)nc(C)n2-c1cnc(NCc2ccccc2)cn1. The number of fused-ring (bicyclic) bond motifs is 1. The van der Waals surface area contributed by atoms with E-state index < -0.39 is 0 Å². The molecular weight excluding hydrogens is 326 g/mol. The molecule has 0 radical (unpaired) electrons. The molecule has 6 nitrogen and oxygen atoms in total. The third kappa shape index (κ3) is 3.09. The minimum Gasteiger partial charge on any atom is -0.497 e. The van der Waals surface area contributed by atoms with E-state index in [1.165, 1.54) is 5.56 Å². The van der Waals surface area contributed by atoms with Gasteiger partial charge < -0.3 is 10.1 Å². The van der Waals surface area contributed by atoms with Gasteiger partial charge >= 0.3 is 0 Å². The fourth-order valence-electron chi connectivity index (χ4n) is 2.91. The molecule has 0 spiro atoms. The highest BCUT2D eigenvalue weighted by atomic mass is 16.5. The van der Waals surface area contributed by atoms with Crippen LogP contribution in [0.2, 0.25) is 0 Å². The molecule has 0 saturated carbocycles. The third-order valence-corrected chi connectivity index (χ3v) is 4.21. The van der Waals surface area contributed by atoms with Gasteiger partial charge in [-0.15, -0.1) is 0 Å². The van der Waals surface area contributed by atoms with Gasteiger partial charge in [-0.25, -0.2) is 15.0 Å². The molecule has 0 unspecified atom stereocenters. The van der Waals surface area contributed by atoms with Crippen molar-refractivity contribution < 1.29 is 4.74 Å². The van der Waals surface area contributed by atoms with Gasteiger partial charge in [0.2, 0.25) is 0 Å². The van der Waals surface area contributed by atoms with Crippen molar-refractivity contribution >= 4 is 16.9 Å². The third-order valence-electron chi connectivity index (χ3n) is 4.21. The van der Waals surface area contributed by atoms with Crippen molar-refractivity contribution in [2.45, 2.75) is 13.5 Å². The molecule has 2 aromatic heterocycles. The number of anilines is 1. The Hall–Kier alpha value is -3.41. The molecule has 26 heavy (non-hydrogen) atoms. The Kier molecular flexibility index (Phi) is 4.23. The lowest BCUT2D eigenvalue weighted by atomic mass is 10.2. The van der Waals surface area contributed by atoms with Crippen LogP contribution < -0.4 is 10.1 Å². The van der Waals surface area contributed by atoms with Crippen LogP contribution in [0.3, 0.4) is 0 Å². The van der Waals surface area contributed by atoms with E-state index in [0.717, 1.165) is 34.2 Å². The summed E-state index contributed by atoms with van der Waals surface area (Å²) in [7, 11) is 1.65. The molecule has 0 amide bonds. The normalized spacial score (nSPS) is 10.8. The highest BCUT2D eigenvalue weighted by Crippen LogP contribution is 2.24. The van der Waals surface area contributed by atoms with E-state index in [0.29, 0.717) is 6.54 Å². The lowest BCUT2D eigenvalue weighted by molar-refractivity contribution is 0.415. The zero-order chi connectivity index (χ0) is 17.9. The monoisotopic (exact) mass is 345 g/mol. The number of benzene rings is 2. The summed E-state index contributed by atoms with van der Waals surface area (Å²) in [4.78, 5) is 13.6. The average Bonchev–Trinajstić information content (AvgIpc) is 3.02. The Bertz CT molecular complexity index is 1030. The highest BCUT2D eigenvalue weighted by Gasteiger charge is 2.11. The summed E-state index contributed by atoms with van der Waals surface area (Å²) in [6.07, 6.45) is 3.50. The van der Waals surface area contributed by atoms with Crippen LogP contribution in [-0.2, 0) is 6.54 Å². The molecule has 2 aromatic carbocycles. The minimum absolute atomic E-state index is 0.710. The van der Waals surface area contributed by atoms with Gasteiger partial charge in [0.1, 0.15) is 17.4 Å². The molecule has 0 bridgehead atoms. The Morgan fingerprint density at radius 3 is 2.62 bits per heavy atom. The Balaban J connectivity index is 1.59. The van der Waals surface area contributed by atoms with Crippen molar-refractivity contribution in [3.05, 3.63) is 72.3 Å². The molecule has 0 saturated heterocycles. The zero-order valence-corrected chi connectivity index (χ0v) is 14.7. The molecule has 4 rings (SSSR count). The van der Waals surface area contributed by atoms with E-state index in [-0.39, 0.29) is 0 Å². The maximum Gasteiger partial charge on any atom is 0.157 e. The lowest BCUT2D eigenvalue weighted by Crippen LogP contribution is -2.05. The molecule has 130 valence electrons. The van der Waals surface area contributed by atoms with Crippen molar-refractivity contribution in [2.75, 3.05) is 12.4 Å². The van der Waals surface area contributed by atoms with Gasteiger partial charge in [-0.1, -0.05) is 30.3 Å². The quantitative estimate of drug-likeness (QED) is 0.597. The van der Waals surface area contributed by atoms with E-state index in [1.54, 1.807) is 19.5 Å². The first-order valence-corrected chi connectivity index (χ1v) is 8.38. The average molecular weight is 345 g/mol. The number of imidazole rings is 1. The molecule has 1 N–H and O–H groups in total. The van der Waals surface area contributed by atoms with Crippen LogP contribution in [0.5, 0.6) is 5.75 Å². The van der Waals surface area contributed by atoms with Gasteiger partial charge in [-0.2, -0.15) is 0 Å². The Morgan fingerprint density at radius 1 is 1.04 bits per heavy atom. The molecule has 2 heterocycles. The van der Waals surface area contributed by atoms with Gasteiger partial charge in [0, 0.05) is 12.6 Å². The summed E-state index contributed by atoms with van der Waals surface area (Å²) in [5, 5.41) is 3.29. The lowest BCUT2D eigenvalue weighted by Gasteiger charge is -2.08. The van der Waals surface area contributed by atoms with Crippen molar-refractivity contribution in [1.82, 2.24) is 19.5 Å². The number of methoxy groups -OCH3 is 1. The molecular formula is C20H19N5O. The topological polar surface area (TPSA) is 64.9 Å². The second-order valence-electron chi connectivity index (χ2n) is 5.95. The summed E-state index contributed by atoms with van der Waals surface area (Å²) >= 11 is 0. The summed E-state index contributed by atoms with van der Waals surface area (Å²) in [6, 6.07) is 16.0. The number of hydrogen-bond donors (Lipinski definition) is 1. The van der Waals surface area contributed by atoms with Crippen molar-refractivity contribution in [2.24, 2.45) is 0 Å². The molecule has 0 aliphatic heterocycles. The minimum atomic E-state index is 0.710. The van der Waals surface area contributed by atoms with Gasteiger partial charge in [0.25, 0.3) is 0 Å². The van der Waals surface area contributed by atoms with E-state index in [4.69, 9.17) is 4.74 Å². The van der Waals surface area contributed by atoms with Crippen molar-refractivity contribution in [3.8, 4) is 11.6 Å². The molecule has 0 atom stereocenters. The number of hydrogen-bond acceptors (Lipinski definition) is 5. The second-order valence-corrected chi connectivity index (χ2v) is 5.95. The standard InChI is InChI=1S/C20H19N5O/c1-14-24-17-10-16(26-2)8-9-18(17)25(14)20-13-22-19(12-23-20)21-11-15-6-4-3-5-7-15/h3-10,12-13H,11H2,1-2H3,(H,21,22). The Labute approximate surface area is 151 Å². The van der Waals surface area contributed by atoms with E-state index in [2.05, 4.69) is 32.4 Å². The molecule has 0 aliphatic rings. The largest absolute Gasteiger partial charge is 0.497 e. The molecule has 4 aromatic rings. The Morgan fingerprint density at radius 2 is 1.88 bits per heavy atom. The summed E-state index contributed by atoms with van der Waals surface area (Å²) in [5.41, 5.74) is 3.04. The maximum atomic E-state index is 5.27. The predicted octanol–water partition coefficient (Wildman–Crippen LogP) is 3.74. The van der Waals surface area contributed by atoms with Crippen LogP contribution in [0.15, 0.2) is 60.9 Å². The number of ether oxygens (including phenoxy) is 1. The van der Waals surface area contributed by atoms with Crippen molar-refractivity contribution in [3.63, 3.8) is 0 Å². The number of aromatic nitrogens is 4. The number of nitrogens with zero attached hydrogens (tertiary/aromatic N) is 4. The van der Waals surface area contributed by atoms with E-state index in [9.17, 15) is 0 Å².